The fourth-order valence-corrected chi connectivity index (χ4v) is 2.58. The van der Waals surface area contributed by atoms with Crippen LogP contribution in [0.4, 0.5) is 0 Å². The predicted octanol–water partition coefficient (Wildman–Crippen LogP) is -0.129. The van der Waals surface area contributed by atoms with Gasteiger partial charge in [-0.3, -0.25) is 19.1 Å². The molecule has 1 aliphatic rings. The first kappa shape index (κ1) is 13.9. The highest BCUT2D eigenvalue weighted by Gasteiger charge is 2.14. The van der Waals surface area contributed by atoms with Crippen molar-refractivity contribution in [2.75, 3.05) is 32.7 Å². The molecule has 1 aliphatic heterocycles. The molecule has 110 valence electrons. The van der Waals surface area contributed by atoms with Crippen LogP contribution < -0.4 is 10.9 Å². The number of carbonyl (C=O) groups excluding carboxylic acids is 1. The number of carbonyl (C=O) groups is 1. The zero-order valence-electron chi connectivity index (χ0n) is 11.8. The lowest BCUT2D eigenvalue weighted by atomic mass is 10.2. The van der Waals surface area contributed by atoms with Gasteiger partial charge in [0.2, 0.25) is 0 Å². The van der Waals surface area contributed by atoms with E-state index in [0.717, 1.165) is 26.2 Å². The van der Waals surface area contributed by atoms with Crippen molar-refractivity contribution in [3.8, 4) is 0 Å². The molecule has 1 saturated heterocycles. The molecule has 2 aromatic rings. The number of nitrogens with one attached hydrogen (secondary N) is 1. The van der Waals surface area contributed by atoms with Crippen molar-refractivity contribution >= 4 is 16.7 Å². The van der Waals surface area contributed by atoms with Gasteiger partial charge in [-0.15, -0.1) is 0 Å². The second-order valence-corrected chi connectivity index (χ2v) is 5.26. The molecule has 1 aromatic carbocycles. The van der Waals surface area contributed by atoms with Gasteiger partial charge in [0.25, 0.3) is 5.56 Å². The summed E-state index contributed by atoms with van der Waals surface area (Å²) in [5.74, 6) is 0.0380. The second-order valence-electron chi connectivity index (χ2n) is 5.26. The van der Waals surface area contributed by atoms with E-state index in [9.17, 15) is 9.59 Å². The first-order valence-electron chi connectivity index (χ1n) is 7.13. The van der Waals surface area contributed by atoms with Crippen LogP contribution in [-0.4, -0.2) is 53.0 Å². The van der Waals surface area contributed by atoms with Crippen LogP contribution in [0, 0.1) is 0 Å². The molecule has 6 heteroatoms. The van der Waals surface area contributed by atoms with Gasteiger partial charge in [-0.2, -0.15) is 0 Å². The maximum absolute atomic E-state index is 12.3. The fourth-order valence-electron chi connectivity index (χ4n) is 2.58. The van der Waals surface area contributed by atoms with Crippen LogP contribution >= 0.6 is 0 Å². The normalized spacial score (nSPS) is 16.2. The molecule has 0 amide bonds. The summed E-state index contributed by atoms with van der Waals surface area (Å²) in [5, 5.41) is 3.80. The molecule has 21 heavy (non-hydrogen) atoms. The number of hydrogen-bond acceptors (Lipinski definition) is 5. The Bertz CT molecular complexity index is 704. The third-order valence-electron chi connectivity index (χ3n) is 3.69. The van der Waals surface area contributed by atoms with Crippen LogP contribution in [0.5, 0.6) is 0 Å². The first-order chi connectivity index (χ1) is 10.2. The zero-order valence-corrected chi connectivity index (χ0v) is 11.8. The third kappa shape index (κ3) is 3.17. The van der Waals surface area contributed by atoms with Crippen molar-refractivity contribution in [1.82, 2.24) is 19.8 Å². The highest BCUT2D eigenvalue weighted by Crippen LogP contribution is 2.04. The molecule has 1 N–H and O–H groups in total. The molecule has 3 rings (SSSR count). The van der Waals surface area contributed by atoms with Gasteiger partial charge in [0, 0.05) is 26.2 Å². The molecule has 0 aliphatic carbocycles. The monoisotopic (exact) mass is 286 g/mol. The van der Waals surface area contributed by atoms with Crippen molar-refractivity contribution in [3.05, 3.63) is 40.9 Å². The Labute approximate surface area is 122 Å². The number of nitrogens with zero attached hydrogens (tertiary/aromatic N) is 3. The molecule has 0 spiro atoms. The summed E-state index contributed by atoms with van der Waals surface area (Å²) in [7, 11) is 0. The van der Waals surface area contributed by atoms with Gasteiger partial charge in [0.1, 0.15) is 0 Å². The fraction of sp³-hybridized carbons (Fsp3) is 0.400. The van der Waals surface area contributed by atoms with Crippen LogP contribution in [0.3, 0.4) is 0 Å². The third-order valence-corrected chi connectivity index (χ3v) is 3.69. The van der Waals surface area contributed by atoms with Crippen molar-refractivity contribution < 1.29 is 4.79 Å². The molecule has 0 unspecified atom stereocenters. The minimum Gasteiger partial charge on any atom is -0.314 e. The number of fused-ring (bicyclic) bond motifs is 1. The van der Waals surface area contributed by atoms with Crippen LogP contribution in [0.25, 0.3) is 10.9 Å². The van der Waals surface area contributed by atoms with Crippen molar-refractivity contribution in [3.63, 3.8) is 0 Å². The van der Waals surface area contributed by atoms with Crippen LogP contribution in [-0.2, 0) is 11.3 Å². The molecule has 1 aromatic heterocycles. The van der Waals surface area contributed by atoms with E-state index in [1.54, 1.807) is 18.2 Å². The van der Waals surface area contributed by atoms with Crippen LogP contribution in [0.2, 0.25) is 0 Å². The predicted molar refractivity (Wildman–Crippen MR) is 80.3 cm³/mol. The van der Waals surface area contributed by atoms with Gasteiger partial charge in [-0.25, -0.2) is 4.98 Å². The van der Waals surface area contributed by atoms with Crippen molar-refractivity contribution in [2.24, 2.45) is 0 Å². The summed E-state index contributed by atoms with van der Waals surface area (Å²) in [4.78, 5) is 30.8. The molecule has 0 radical (unpaired) electrons. The first-order valence-corrected chi connectivity index (χ1v) is 7.13. The van der Waals surface area contributed by atoms with Gasteiger partial charge in [-0.1, -0.05) is 12.1 Å². The molecule has 6 nitrogen and oxygen atoms in total. The van der Waals surface area contributed by atoms with Gasteiger partial charge in [0.05, 0.1) is 30.3 Å². The van der Waals surface area contributed by atoms with E-state index in [1.165, 1.54) is 10.9 Å². The number of para-hydroxylation sites is 1. The average molecular weight is 286 g/mol. The molecule has 1 fully saturated rings. The largest absolute Gasteiger partial charge is 0.314 e. The van der Waals surface area contributed by atoms with Gasteiger partial charge >= 0.3 is 0 Å². The standard InChI is InChI=1S/C15H18N4O2/c20-12(9-18-7-5-16-6-8-18)10-19-11-17-14-4-2-1-3-13(14)15(19)21/h1-4,11,16H,5-10H2. The highest BCUT2D eigenvalue weighted by molar-refractivity contribution is 5.81. The Morgan fingerprint density at radius 1 is 1.19 bits per heavy atom. The van der Waals surface area contributed by atoms with E-state index in [-0.39, 0.29) is 17.9 Å². The van der Waals surface area contributed by atoms with Gasteiger partial charge in [0.15, 0.2) is 5.78 Å². The lowest BCUT2D eigenvalue weighted by molar-refractivity contribution is -0.120. The van der Waals surface area contributed by atoms with E-state index in [4.69, 9.17) is 0 Å². The summed E-state index contributed by atoms with van der Waals surface area (Å²) in [5.41, 5.74) is 0.502. The number of rotatable bonds is 4. The number of piperazine rings is 1. The number of benzene rings is 1. The zero-order chi connectivity index (χ0) is 14.7. The SMILES string of the molecule is O=C(CN1CCNCC1)Cn1cnc2ccccc2c1=O. The summed E-state index contributed by atoms with van der Waals surface area (Å²) in [6.45, 7) is 4.03. The maximum atomic E-state index is 12.3. The molecular formula is C15H18N4O2. The molecule has 2 heterocycles. The van der Waals surface area contributed by atoms with Crippen molar-refractivity contribution in [2.45, 2.75) is 6.54 Å². The van der Waals surface area contributed by atoms with E-state index in [1.807, 2.05) is 6.07 Å². The van der Waals surface area contributed by atoms with E-state index < -0.39 is 0 Å². The topological polar surface area (TPSA) is 67.2 Å². The van der Waals surface area contributed by atoms with Gasteiger partial charge < -0.3 is 5.32 Å². The smallest absolute Gasteiger partial charge is 0.261 e. The minimum atomic E-state index is -0.158. The lowest BCUT2D eigenvalue weighted by Crippen LogP contribution is -2.46. The Morgan fingerprint density at radius 3 is 2.76 bits per heavy atom. The molecule has 0 bridgehead atoms. The lowest BCUT2D eigenvalue weighted by Gasteiger charge is -2.26. The number of Topliss-reactive ketones (excluding diaryl/α,β-unsaturated/α-hetero) is 1. The van der Waals surface area contributed by atoms with E-state index in [0.29, 0.717) is 17.4 Å². The highest BCUT2D eigenvalue weighted by atomic mass is 16.1. The minimum absolute atomic E-state index is 0.0380. The molecule has 0 atom stereocenters. The summed E-state index contributed by atoms with van der Waals surface area (Å²) in [6, 6.07) is 7.18. The maximum Gasteiger partial charge on any atom is 0.261 e. The van der Waals surface area contributed by atoms with Gasteiger partial charge in [-0.05, 0) is 12.1 Å². The van der Waals surface area contributed by atoms with E-state index in [2.05, 4.69) is 15.2 Å². The van der Waals surface area contributed by atoms with Crippen LogP contribution in [0.1, 0.15) is 0 Å². The summed E-state index contributed by atoms with van der Waals surface area (Å²) < 4.78 is 1.40. The summed E-state index contributed by atoms with van der Waals surface area (Å²) in [6.07, 6.45) is 1.46. The second kappa shape index (κ2) is 6.15. The quantitative estimate of drug-likeness (QED) is 0.848. The van der Waals surface area contributed by atoms with Crippen LogP contribution in [0.15, 0.2) is 35.4 Å². The Balaban J connectivity index is 1.73. The Hall–Kier alpha value is -2.05. The number of hydrogen-bond donors (Lipinski definition) is 1. The van der Waals surface area contributed by atoms with E-state index >= 15 is 0 Å². The molecule has 0 saturated carbocycles. The Morgan fingerprint density at radius 2 is 1.95 bits per heavy atom. The number of ketones is 1. The van der Waals surface area contributed by atoms with Crippen molar-refractivity contribution in [1.29, 1.82) is 0 Å². The summed E-state index contributed by atoms with van der Waals surface area (Å²) >= 11 is 0. The molecular weight excluding hydrogens is 268 g/mol. The average Bonchev–Trinajstić information content (AvgIpc) is 2.51. The Kier molecular flexibility index (Phi) is 4.08. The number of aromatic nitrogens is 2.